The van der Waals surface area contributed by atoms with Crippen molar-refractivity contribution >= 4 is 11.7 Å². The van der Waals surface area contributed by atoms with E-state index in [9.17, 15) is 9.90 Å². The van der Waals surface area contributed by atoms with Crippen molar-refractivity contribution in [3.8, 4) is 0 Å². The summed E-state index contributed by atoms with van der Waals surface area (Å²) in [5.41, 5.74) is 1.09. The highest BCUT2D eigenvalue weighted by Gasteiger charge is 2.23. The SMILES string of the molecule is CN1CCCC(=C(O)c2cccnc2)C1=O. The van der Waals surface area contributed by atoms with Crippen molar-refractivity contribution < 1.29 is 9.90 Å². The number of amides is 1. The van der Waals surface area contributed by atoms with Crippen LogP contribution in [0.3, 0.4) is 0 Å². The predicted molar refractivity (Wildman–Crippen MR) is 60.7 cm³/mol. The van der Waals surface area contributed by atoms with E-state index < -0.39 is 0 Å². The number of likely N-dealkylation sites (N-methyl/N-ethyl adjacent to an activating group) is 1. The standard InChI is InChI=1S/C12H14N2O2/c1-14-7-3-5-10(12(14)16)11(15)9-4-2-6-13-8-9/h2,4,6,8,15H,3,5,7H2,1H3. The average Bonchev–Trinajstić information content (AvgIpc) is 2.33. The number of pyridine rings is 1. The Labute approximate surface area is 94.2 Å². The van der Waals surface area contributed by atoms with Crippen molar-refractivity contribution in [2.45, 2.75) is 12.8 Å². The van der Waals surface area contributed by atoms with E-state index in [1.165, 1.54) is 0 Å². The van der Waals surface area contributed by atoms with Crippen LogP contribution in [0.1, 0.15) is 18.4 Å². The van der Waals surface area contributed by atoms with Crippen LogP contribution in [0.25, 0.3) is 5.76 Å². The van der Waals surface area contributed by atoms with Gasteiger partial charge < -0.3 is 10.0 Å². The van der Waals surface area contributed by atoms with Crippen molar-refractivity contribution in [1.82, 2.24) is 9.88 Å². The highest BCUT2D eigenvalue weighted by Crippen LogP contribution is 2.23. The molecule has 1 aromatic heterocycles. The third kappa shape index (κ3) is 1.91. The Balaban J connectivity index is 2.37. The van der Waals surface area contributed by atoms with Gasteiger partial charge in [-0.05, 0) is 25.0 Å². The molecular formula is C12H14N2O2. The zero-order valence-corrected chi connectivity index (χ0v) is 9.18. The van der Waals surface area contributed by atoms with Gasteiger partial charge in [0.05, 0.1) is 5.57 Å². The van der Waals surface area contributed by atoms with E-state index in [0.717, 1.165) is 13.0 Å². The van der Waals surface area contributed by atoms with Crippen LogP contribution in [0.15, 0.2) is 30.1 Å². The van der Waals surface area contributed by atoms with Crippen LogP contribution in [0.2, 0.25) is 0 Å². The number of rotatable bonds is 1. The molecule has 0 atom stereocenters. The Bertz CT molecular complexity index is 426. The molecular weight excluding hydrogens is 204 g/mol. The van der Waals surface area contributed by atoms with Gasteiger partial charge in [-0.15, -0.1) is 0 Å². The fourth-order valence-electron chi connectivity index (χ4n) is 1.83. The minimum Gasteiger partial charge on any atom is -0.507 e. The van der Waals surface area contributed by atoms with Crippen LogP contribution in [-0.2, 0) is 4.79 Å². The molecule has 1 aliphatic heterocycles. The molecule has 4 nitrogen and oxygen atoms in total. The summed E-state index contributed by atoms with van der Waals surface area (Å²) >= 11 is 0. The Morgan fingerprint density at radius 2 is 2.38 bits per heavy atom. The largest absolute Gasteiger partial charge is 0.507 e. The minimum absolute atomic E-state index is 0.0599. The lowest BCUT2D eigenvalue weighted by molar-refractivity contribution is -0.127. The van der Waals surface area contributed by atoms with Gasteiger partial charge in [-0.2, -0.15) is 0 Å². The summed E-state index contributed by atoms with van der Waals surface area (Å²) in [5.74, 6) is -0.0303. The Morgan fingerprint density at radius 3 is 3.06 bits per heavy atom. The quantitative estimate of drug-likeness (QED) is 0.575. The maximum absolute atomic E-state index is 11.8. The minimum atomic E-state index is -0.0902. The monoisotopic (exact) mass is 218 g/mol. The maximum Gasteiger partial charge on any atom is 0.253 e. The number of aliphatic hydroxyl groups excluding tert-OH is 1. The fourth-order valence-corrected chi connectivity index (χ4v) is 1.83. The molecule has 1 amide bonds. The first-order chi connectivity index (χ1) is 7.70. The molecule has 4 heteroatoms. The van der Waals surface area contributed by atoms with Crippen LogP contribution < -0.4 is 0 Å². The molecule has 0 unspecified atom stereocenters. The average molecular weight is 218 g/mol. The molecule has 0 radical (unpaired) electrons. The molecule has 0 bridgehead atoms. The number of hydrogen-bond donors (Lipinski definition) is 1. The topological polar surface area (TPSA) is 53.4 Å². The molecule has 2 rings (SSSR count). The van der Waals surface area contributed by atoms with E-state index in [-0.39, 0.29) is 11.7 Å². The molecule has 0 saturated carbocycles. The first kappa shape index (κ1) is 10.7. The molecule has 16 heavy (non-hydrogen) atoms. The van der Waals surface area contributed by atoms with Crippen LogP contribution in [0, 0.1) is 0 Å². The summed E-state index contributed by atoms with van der Waals surface area (Å²) in [6.07, 6.45) is 4.71. The van der Waals surface area contributed by atoms with Gasteiger partial charge in [0.2, 0.25) is 0 Å². The van der Waals surface area contributed by atoms with Crippen LogP contribution in [-0.4, -0.2) is 34.5 Å². The number of carbonyl (C=O) groups is 1. The van der Waals surface area contributed by atoms with Crippen LogP contribution in [0.5, 0.6) is 0 Å². The molecule has 0 aromatic carbocycles. The lowest BCUT2D eigenvalue weighted by Crippen LogP contribution is -2.33. The Kier molecular flexibility index (Phi) is 2.90. The predicted octanol–water partition coefficient (Wildman–Crippen LogP) is 1.60. The smallest absolute Gasteiger partial charge is 0.253 e. The zero-order chi connectivity index (χ0) is 11.5. The lowest BCUT2D eigenvalue weighted by atomic mass is 10.0. The summed E-state index contributed by atoms with van der Waals surface area (Å²) in [6.45, 7) is 0.753. The summed E-state index contributed by atoms with van der Waals surface area (Å²) in [4.78, 5) is 17.4. The summed E-state index contributed by atoms with van der Waals surface area (Å²) < 4.78 is 0. The Morgan fingerprint density at radius 1 is 1.56 bits per heavy atom. The molecule has 1 aromatic rings. The molecule has 0 spiro atoms. The van der Waals surface area contributed by atoms with Crippen molar-refractivity contribution in [3.05, 3.63) is 35.7 Å². The number of aromatic nitrogens is 1. The van der Waals surface area contributed by atoms with E-state index >= 15 is 0 Å². The van der Waals surface area contributed by atoms with Gasteiger partial charge in [-0.3, -0.25) is 9.78 Å². The summed E-state index contributed by atoms with van der Waals surface area (Å²) in [5, 5.41) is 10.0. The third-order valence-corrected chi connectivity index (χ3v) is 2.75. The normalized spacial score (nSPS) is 19.8. The van der Waals surface area contributed by atoms with Crippen molar-refractivity contribution in [3.63, 3.8) is 0 Å². The van der Waals surface area contributed by atoms with E-state index in [1.807, 2.05) is 0 Å². The zero-order valence-electron chi connectivity index (χ0n) is 9.18. The number of carbonyl (C=O) groups excluding carboxylic acids is 1. The summed E-state index contributed by atoms with van der Waals surface area (Å²) in [6, 6.07) is 3.49. The molecule has 1 aliphatic rings. The van der Waals surface area contributed by atoms with Crippen molar-refractivity contribution in [2.24, 2.45) is 0 Å². The van der Waals surface area contributed by atoms with Crippen LogP contribution in [0.4, 0.5) is 0 Å². The van der Waals surface area contributed by atoms with Gasteiger partial charge in [0.1, 0.15) is 5.76 Å². The molecule has 1 fully saturated rings. The maximum atomic E-state index is 11.8. The first-order valence-electron chi connectivity index (χ1n) is 5.28. The van der Waals surface area contributed by atoms with Gasteiger partial charge in [0, 0.05) is 31.5 Å². The first-order valence-corrected chi connectivity index (χ1v) is 5.28. The van der Waals surface area contributed by atoms with Crippen molar-refractivity contribution in [2.75, 3.05) is 13.6 Å². The number of nitrogens with zero attached hydrogens (tertiary/aromatic N) is 2. The Hall–Kier alpha value is -1.84. The van der Waals surface area contributed by atoms with Gasteiger partial charge in [-0.1, -0.05) is 0 Å². The number of likely N-dealkylation sites (tertiary alicyclic amines) is 1. The number of aliphatic hydroxyl groups is 1. The second-order valence-corrected chi connectivity index (χ2v) is 3.90. The fraction of sp³-hybridized carbons (Fsp3) is 0.333. The molecule has 0 aliphatic carbocycles. The highest BCUT2D eigenvalue weighted by molar-refractivity contribution is 6.00. The second-order valence-electron chi connectivity index (χ2n) is 3.90. The van der Waals surface area contributed by atoms with Gasteiger partial charge in [0.25, 0.3) is 5.91 Å². The van der Waals surface area contributed by atoms with E-state index in [2.05, 4.69) is 4.98 Å². The summed E-state index contributed by atoms with van der Waals surface area (Å²) in [7, 11) is 1.75. The number of piperidine rings is 1. The molecule has 1 saturated heterocycles. The van der Waals surface area contributed by atoms with Gasteiger partial charge in [0.15, 0.2) is 0 Å². The van der Waals surface area contributed by atoms with E-state index in [4.69, 9.17) is 0 Å². The second kappa shape index (κ2) is 4.35. The van der Waals surface area contributed by atoms with E-state index in [1.54, 1.807) is 36.5 Å². The van der Waals surface area contributed by atoms with Crippen LogP contribution >= 0.6 is 0 Å². The van der Waals surface area contributed by atoms with Crippen molar-refractivity contribution in [1.29, 1.82) is 0 Å². The van der Waals surface area contributed by atoms with Gasteiger partial charge in [-0.25, -0.2) is 0 Å². The molecule has 84 valence electrons. The van der Waals surface area contributed by atoms with Gasteiger partial charge >= 0.3 is 0 Å². The van der Waals surface area contributed by atoms with E-state index in [0.29, 0.717) is 17.6 Å². The number of hydrogen-bond acceptors (Lipinski definition) is 3. The lowest BCUT2D eigenvalue weighted by Gasteiger charge is -2.24. The third-order valence-electron chi connectivity index (χ3n) is 2.75. The highest BCUT2D eigenvalue weighted by atomic mass is 16.3. The molecule has 1 N–H and O–H groups in total. The molecule has 2 heterocycles.